The molecule has 0 bridgehead atoms. The molecule has 0 unspecified atom stereocenters. The maximum Gasteiger partial charge on any atom is 0.432 e. The van der Waals surface area contributed by atoms with Crippen molar-refractivity contribution >= 4 is 0 Å². The molecule has 6 nitrogen and oxygen atoms in total. The molecule has 0 spiro atoms. The van der Waals surface area contributed by atoms with Crippen LogP contribution in [0.3, 0.4) is 0 Å². The monoisotopic (exact) mass is 510 g/mol. The number of aromatic nitrogens is 4. The number of hydrogen-bond acceptors (Lipinski definition) is 5. The van der Waals surface area contributed by atoms with E-state index in [9.17, 15) is 13.2 Å². The van der Waals surface area contributed by atoms with Crippen molar-refractivity contribution in [2.45, 2.75) is 77.1 Å². The van der Waals surface area contributed by atoms with Gasteiger partial charge in [-0.05, 0) is 52.8 Å². The molecule has 1 aromatic heterocycles. The molecule has 2 heterocycles. The smallest absolute Gasteiger partial charge is 0.351 e. The average molecular weight is 511 g/mol. The molecule has 1 aliphatic carbocycles. The third kappa shape index (κ3) is 5.50. The summed E-state index contributed by atoms with van der Waals surface area (Å²) in [6.45, 7) is 2.79. The molecule has 3 aromatic rings. The molecule has 2 aromatic carbocycles. The van der Waals surface area contributed by atoms with Gasteiger partial charge in [-0.1, -0.05) is 81.1 Å². The lowest BCUT2D eigenvalue weighted by atomic mass is 9.94. The summed E-state index contributed by atoms with van der Waals surface area (Å²) in [6, 6.07) is 15.9. The van der Waals surface area contributed by atoms with E-state index in [2.05, 4.69) is 20.6 Å². The van der Waals surface area contributed by atoms with E-state index in [-0.39, 0.29) is 6.04 Å². The number of tetrazole rings is 1. The molecular weight excluding hydrogens is 477 g/mol. The Morgan fingerprint density at radius 3 is 2.35 bits per heavy atom. The van der Waals surface area contributed by atoms with E-state index >= 15 is 0 Å². The Balaban J connectivity index is 1.41. The fourth-order valence-electron chi connectivity index (χ4n) is 5.66. The number of unbranched alkanes of at least 4 members (excludes halogenated alkanes) is 1. The molecule has 1 aliphatic heterocycles. The summed E-state index contributed by atoms with van der Waals surface area (Å²) >= 11 is 0. The van der Waals surface area contributed by atoms with Crippen LogP contribution in [-0.4, -0.2) is 49.3 Å². The molecular formula is C28H33F3N6. The van der Waals surface area contributed by atoms with Crippen LogP contribution in [0.2, 0.25) is 0 Å². The number of halogens is 3. The van der Waals surface area contributed by atoms with Crippen molar-refractivity contribution in [1.29, 1.82) is 0 Å². The van der Waals surface area contributed by atoms with Gasteiger partial charge in [-0.15, -0.1) is 5.10 Å². The molecule has 0 atom stereocenters. The normalized spacial score (nSPS) is 17.2. The highest BCUT2D eigenvalue weighted by atomic mass is 19.4. The van der Waals surface area contributed by atoms with E-state index in [0.29, 0.717) is 31.2 Å². The van der Waals surface area contributed by atoms with Crippen molar-refractivity contribution in [1.82, 2.24) is 30.4 Å². The quantitative estimate of drug-likeness (QED) is 0.357. The first-order valence-corrected chi connectivity index (χ1v) is 13.2. The molecule has 2 aliphatic rings. The maximum absolute atomic E-state index is 14.4. The highest BCUT2D eigenvalue weighted by Crippen LogP contribution is 2.42. The largest absolute Gasteiger partial charge is 0.432 e. The standard InChI is InChI=1S/C28H33F3N6/c1-2-3-13-25-26(28(29,30)31)37(22-9-5-4-6-10-22)19-36(25)18-20-14-16-21(17-15-20)23-11-7-8-12-24(23)27-32-34-35-33-27/h7-8,11-12,14-17,22H,2-6,9-10,13,18-19H2,1H3,(H,32,33,34,35). The zero-order chi connectivity index (χ0) is 25.8. The Kier molecular flexibility index (Phi) is 7.48. The van der Waals surface area contributed by atoms with Crippen LogP contribution in [0, 0.1) is 0 Å². The van der Waals surface area contributed by atoms with Crippen molar-refractivity contribution in [2.24, 2.45) is 0 Å². The number of benzene rings is 2. The number of nitrogens with one attached hydrogen (secondary N) is 1. The third-order valence-electron chi connectivity index (χ3n) is 7.48. The second-order valence-corrected chi connectivity index (χ2v) is 9.99. The zero-order valence-corrected chi connectivity index (χ0v) is 21.1. The number of alkyl halides is 3. The summed E-state index contributed by atoms with van der Waals surface area (Å²) in [5.74, 6) is 0.588. The number of rotatable bonds is 8. The summed E-state index contributed by atoms with van der Waals surface area (Å²) in [5, 5.41) is 14.2. The molecule has 5 rings (SSSR count). The fraction of sp³-hybridized carbons (Fsp3) is 0.464. The highest BCUT2D eigenvalue weighted by Gasteiger charge is 2.47. The lowest BCUT2D eigenvalue weighted by Crippen LogP contribution is -2.40. The molecule has 0 amide bonds. The Hall–Kier alpha value is -3.36. The second-order valence-electron chi connectivity index (χ2n) is 9.99. The molecule has 1 fully saturated rings. The van der Waals surface area contributed by atoms with Gasteiger partial charge in [0.1, 0.15) is 5.70 Å². The van der Waals surface area contributed by atoms with Gasteiger partial charge in [0, 0.05) is 23.8 Å². The Labute approximate surface area is 215 Å². The Morgan fingerprint density at radius 1 is 0.973 bits per heavy atom. The van der Waals surface area contributed by atoms with E-state index in [4.69, 9.17) is 0 Å². The lowest BCUT2D eigenvalue weighted by Gasteiger charge is -2.35. The van der Waals surface area contributed by atoms with Crippen LogP contribution >= 0.6 is 0 Å². The van der Waals surface area contributed by atoms with Crippen LogP contribution in [0.5, 0.6) is 0 Å². The van der Waals surface area contributed by atoms with Crippen molar-refractivity contribution in [3.8, 4) is 22.5 Å². The van der Waals surface area contributed by atoms with Gasteiger partial charge in [0.05, 0.1) is 6.67 Å². The Bertz CT molecular complexity index is 1200. The number of H-pyrrole nitrogens is 1. The van der Waals surface area contributed by atoms with E-state index in [1.54, 1.807) is 4.90 Å². The SMILES string of the molecule is CCCCC1=C(C(F)(F)F)N(C2CCCCC2)CN1Cc1ccc(-c2ccccc2-c2nnn[nH]2)cc1. The van der Waals surface area contributed by atoms with Gasteiger partial charge in [0.25, 0.3) is 0 Å². The van der Waals surface area contributed by atoms with Crippen LogP contribution in [0.4, 0.5) is 13.2 Å². The van der Waals surface area contributed by atoms with Crippen molar-refractivity contribution < 1.29 is 13.2 Å². The van der Waals surface area contributed by atoms with E-state index < -0.39 is 11.9 Å². The highest BCUT2D eigenvalue weighted by molar-refractivity contribution is 5.80. The maximum atomic E-state index is 14.4. The third-order valence-corrected chi connectivity index (χ3v) is 7.48. The minimum Gasteiger partial charge on any atom is -0.351 e. The fourth-order valence-corrected chi connectivity index (χ4v) is 5.66. The van der Waals surface area contributed by atoms with Crippen LogP contribution in [0.1, 0.15) is 63.9 Å². The zero-order valence-electron chi connectivity index (χ0n) is 21.1. The number of nitrogens with zero attached hydrogens (tertiary/aromatic N) is 5. The predicted octanol–water partition coefficient (Wildman–Crippen LogP) is 6.91. The van der Waals surface area contributed by atoms with Gasteiger partial charge in [-0.2, -0.15) is 13.2 Å². The van der Waals surface area contributed by atoms with Crippen LogP contribution in [-0.2, 0) is 6.54 Å². The van der Waals surface area contributed by atoms with Gasteiger partial charge in [-0.3, -0.25) is 0 Å². The van der Waals surface area contributed by atoms with Crippen LogP contribution < -0.4 is 0 Å². The first-order valence-electron chi connectivity index (χ1n) is 13.2. The first-order chi connectivity index (χ1) is 18.0. The summed E-state index contributed by atoms with van der Waals surface area (Å²) in [7, 11) is 0. The second kappa shape index (κ2) is 10.9. The number of allylic oxidation sites excluding steroid dienone is 2. The molecule has 0 saturated heterocycles. The first kappa shape index (κ1) is 25.3. The molecule has 0 radical (unpaired) electrons. The predicted molar refractivity (Wildman–Crippen MR) is 137 cm³/mol. The molecule has 9 heteroatoms. The van der Waals surface area contributed by atoms with Gasteiger partial charge < -0.3 is 9.80 Å². The molecule has 1 saturated carbocycles. The molecule has 37 heavy (non-hydrogen) atoms. The van der Waals surface area contributed by atoms with E-state index in [1.165, 1.54) is 0 Å². The van der Waals surface area contributed by atoms with Crippen molar-refractivity contribution in [3.63, 3.8) is 0 Å². The topological polar surface area (TPSA) is 60.9 Å². The lowest BCUT2D eigenvalue weighted by molar-refractivity contribution is -0.114. The summed E-state index contributed by atoms with van der Waals surface area (Å²) in [5.41, 5.74) is 3.91. The van der Waals surface area contributed by atoms with Crippen molar-refractivity contribution in [2.75, 3.05) is 6.67 Å². The summed E-state index contributed by atoms with van der Waals surface area (Å²) in [4.78, 5) is 3.62. The summed E-state index contributed by atoms with van der Waals surface area (Å²) < 4.78 is 43.2. The van der Waals surface area contributed by atoms with Gasteiger partial charge in [0.15, 0.2) is 5.82 Å². The van der Waals surface area contributed by atoms with Gasteiger partial charge >= 0.3 is 6.18 Å². The average Bonchev–Trinajstić information content (AvgIpc) is 3.57. The van der Waals surface area contributed by atoms with Gasteiger partial charge in [-0.25, -0.2) is 5.10 Å². The Morgan fingerprint density at radius 2 is 1.70 bits per heavy atom. The minimum absolute atomic E-state index is 0.0311. The number of aromatic amines is 1. The minimum atomic E-state index is -4.35. The number of hydrogen-bond donors (Lipinski definition) is 1. The molecule has 196 valence electrons. The van der Waals surface area contributed by atoms with E-state index in [1.807, 2.05) is 60.4 Å². The van der Waals surface area contributed by atoms with Crippen LogP contribution in [0.15, 0.2) is 59.9 Å². The van der Waals surface area contributed by atoms with E-state index in [0.717, 1.165) is 67.2 Å². The summed E-state index contributed by atoms with van der Waals surface area (Å²) in [6.07, 6.45) is 2.50. The van der Waals surface area contributed by atoms with Crippen molar-refractivity contribution in [3.05, 3.63) is 65.5 Å². The van der Waals surface area contributed by atoms with Crippen LogP contribution in [0.25, 0.3) is 22.5 Å². The van der Waals surface area contributed by atoms with Gasteiger partial charge in [0.2, 0.25) is 0 Å². The molecule has 1 N–H and O–H groups in total.